The van der Waals surface area contributed by atoms with Gasteiger partial charge in [-0.1, -0.05) is 120 Å². The van der Waals surface area contributed by atoms with Gasteiger partial charge in [0.15, 0.2) is 0 Å². The van der Waals surface area contributed by atoms with Crippen molar-refractivity contribution in [2.75, 3.05) is 56.2 Å². The first-order valence-corrected chi connectivity index (χ1v) is 30.0. The molecule has 470 valence electrons. The highest BCUT2D eigenvalue weighted by atomic mass is 16.6. The van der Waals surface area contributed by atoms with Crippen molar-refractivity contribution in [1.82, 2.24) is 20.4 Å². The fourth-order valence-electron chi connectivity index (χ4n) is 11.2. The number of anilines is 2. The van der Waals surface area contributed by atoms with Crippen molar-refractivity contribution in [2.24, 2.45) is 0 Å². The smallest absolute Gasteiger partial charge is 0.410 e. The summed E-state index contributed by atoms with van der Waals surface area (Å²) in [5, 5.41) is 5.47. The first-order valence-electron chi connectivity index (χ1n) is 30.0. The number of benzene rings is 6. The Morgan fingerprint density at radius 1 is 0.640 bits per heavy atom. The number of ether oxygens (including phenoxy) is 6. The van der Waals surface area contributed by atoms with Crippen LogP contribution in [0.4, 0.5) is 25.8 Å². The molecule has 0 radical (unpaired) electrons. The number of aryl methyl sites for hydroxylation is 4. The first-order chi connectivity index (χ1) is 42.3. The van der Waals surface area contributed by atoms with E-state index < -0.39 is 35.0 Å². The summed E-state index contributed by atoms with van der Waals surface area (Å²) in [6.45, 7) is 22.1. The lowest BCUT2D eigenvalue weighted by Gasteiger charge is -2.43. The van der Waals surface area contributed by atoms with Gasteiger partial charge in [0.1, 0.15) is 30.3 Å². The number of methoxy groups -OCH3 is 1. The van der Waals surface area contributed by atoms with E-state index in [0.29, 0.717) is 69.3 Å². The second-order valence-electron chi connectivity index (χ2n) is 24.2. The molecule has 19 nitrogen and oxygen atoms in total. The maximum absolute atomic E-state index is 14.5. The van der Waals surface area contributed by atoms with Gasteiger partial charge in [0.2, 0.25) is 11.2 Å². The second kappa shape index (κ2) is 28.2. The van der Waals surface area contributed by atoms with Crippen LogP contribution in [0.2, 0.25) is 0 Å². The van der Waals surface area contributed by atoms with E-state index in [0.717, 1.165) is 35.1 Å². The minimum Gasteiger partial charge on any atom is -0.471 e. The van der Waals surface area contributed by atoms with Crippen LogP contribution in [0.1, 0.15) is 127 Å². The number of esters is 1. The second-order valence-corrected chi connectivity index (χ2v) is 24.2. The van der Waals surface area contributed by atoms with Crippen LogP contribution in [0.25, 0.3) is 0 Å². The third-order valence-corrected chi connectivity index (χ3v) is 15.8. The molecule has 3 heterocycles. The van der Waals surface area contributed by atoms with Crippen molar-refractivity contribution >= 4 is 53.3 Å². The van der Waals surface area contributed by atoms with E-state index in [1.807, 2.05) is 176 Å². The van der Waals surface area contributed by atoms with Crippen molar-refractivity contribution in [1.29, 1.82) is 0 Å². The molecule has 2 unspecified atom stereocenters. The number of fused-ring (bicyclic) bond motifs is 2. The highest BCUT2D eigenvalue weighted by Crippen LogP contribution is 2.46. The minimum atomic E-state index is -1.36. The van der Waals surface area contributed by atoms with E-state index >= 15 is 0 Å². The maximum atomic E-state index is 14.5. The van der Waals surface area contributed by atoms with Crippen LogP contribution < -0.4 is 29.9 Å². The summed E-state index contributed by atoms with van der Waals surface area (Å²) in [6.07, 6.45) is -0.115. The molecule has 1 saturated heterocycles. The quantitative estimate of drug-likeness (QED) is 0.0683. The number of carbonyl (C=O) groups is 7. The van der Waals surface area contributed by atoms with Crippen molar-refractivity contribution in [3.8, 4) is 11.5 Å². The summed E-state index contributed by atoms with van der Waals surface area (Å²) < 4.78 is 34.1. The Morgan fingerprint density at radius 3 is 1.54 bits per heavy atom. The van der Waals surface area contributed by atoms with Gasteiger partial charge in [-0.3, -0.25) is 14.4 Å². The lowest BCUT2D eigenvalue weighted by Crippen LogP contribution is -2.55. The molecular formula is C70H82N6O13. The summed E-state index contributed by atoms with van der Waals surface area (Å²) in [6, 6.07) is 40.4. The summed E-state index contributed by atoms with van der Waals surface area (Å²) in [5.41, 5.74) is 4.80. The number of likely N-dealkylation sites (tertiary alicyclic amines) is 1. The van der Waals surface area contributed by atoms with Crippen molar-refractivity contribution in [3.63, 3.8) is 0 Å². The zero-order valence-corrected chi connectivity index (χ0v) is 53.0. The molecular weight excluding hydrogens is 1130 g/mol. The molecule has 6 aromatic rings. The highest BCUT2D eigenvalue weighted by molar-refractivity contribution is 6.06. The fourth-order valence-corrected chi connectivity index (χ4v) is 11.2. The van der Waals surface area contributed by atoms with Crippen LogP contribution >= 0.6 is 0 Å². The minimum absolute atomic E-state index is 0.0978. The van der Waals surface area contributed by atoms with Gasteiger partial charge in [0.05, 0.1) is 30.1 Å². The number of piperidine rings is 1. The topological polar surface area (TPSA) is 212 Å². The largest absolute Gasteiger partial charge is 0.471 e. The zero-order valence-electron chi connectivity index (χ0n) is 53.0. The molecule has 0 aromatic heterocycles. The predicted octanol–water partition coefficient (Wildman–Crippen LogP) is 11.8. The van der Waals surface area contributed by atoms with Gasteiger partial charge in [-0.05, 0) is 136 Å². The van der Waals surface area contributed by atoms with Crippen LogP contribution in [-0.2, 0) is 53.0 Å². The molecule has 3 aliphatic heterocycles. The molecule has 0 spiro atoms. The molecule has 0 bridgehead atoms. The van der Waals surface area contributed by atoms with Gasteiger partial charge in [-0.2, -0.15) is 0 Å². The molecule has 3 aliphatic rings. The normalized spacial score (nSPS) is 17.8. The van der Waals surface area contributed by atoms with Gasteiger partial charge in [-0.25, -0.2) is 19.2 Å². The molecule has 1 fully saturated rings. The lowest BCUT2D eigenvalue weighted by atomic mass is 9.90. The maximum Gasteiger partial charge on any atom is 0.410 e. The summed E-state index contributed by atoms with van der Waals surface area (Å²) in [5.74, 6) is -0.441. The van der Waals surface area contributed by atoms with E-state index in [4.69, 9.17) is 28.4 Å². The van der Waals surface area contributed by atoms with Crippen LogP contribution in [0.3, 0.4) is 0 Å². The van der Waals surface area contributed by atoms with E-state index in [1.165, 1.54) is 12.0 Å². The standard InChI is InChI=1S/C41H52N4O7.C29H30N2O6/c1-27(2)45(32-18-13-20-43(25-32)39(49)52-40(5,6)7)36(46)33-24-34-35(23-29(33)4)51-41(8,31-17-12-14-28(3)22-31)37(47)44(34)21-19-42-38(48)50-26-30-15-10-9-11-16-30;1-19-9-8-12-22(15-19)29(3)27(33)31(14-13-30-28(34)36-18-21-10-6-5-7-11-21)24-17-23(26(32)35-4)20(2)16-25(24)37-29/h9-12,14-17,22-24,27,32H,13,18-21,25-26H2,1-8H3,(H,42,48);5-12,15-17H,13-14,18H2,1-4H3,(H,30,34)/t32-,41?;/m1./s1. The molecule has 89 heavy (non-hydrogen) atoms. The lowest BCUT2D eigenvalue weighted by molar-refractivity contribution is -0.135. The third kappa shape index (κ3) is 15.7. The number of nitrogens with one attached hydrogen (secondary N) is 2. The van der Waals surface area contributed by atoms with Crippen LogP contribution in [-0.4, -0.2) is 116 Å². The molecule has 19 heteroatoms. The molecule has 0 saturated carbocycles. The number of alkyl carbamates (subject to hydrolysis) is 2. The molecule has 6 amide bonds. The number of nitrogens with zero attached hydrogens (tertiary/aromatic N) is 4. The molecule has 2 N–H and O–H groups in total. The van der Waals surface area contributed by atoms with Crippen LogP contribution in [0, 0.1) is 27.7 Å². The number of carbonyl (C=O) groups excluding carboxylic acids is 7. The van der Waals surface area contributed by atoms with Crippen molar-refractivity contribution < 1.29 is 62.0 Å². The van der Waals surface area contributed by atoms with Gasteiger partial charge in [-0.15, -0.1) is 0 Å². The number of hydrogen-bond acceptors (Lipinski definition) is 13. The molecule has 6 aromatic carbocycles. The summed E-state index contributed by atoms with van der Waals surface area (Å²) in [4.78, 5) is 99.8. The van der Waals surface area contributed by atoms with Gasteiger partial charge >= 0.3 is 24.2 Å². The Hall–Kier alpha value is -9.39. The van der Waals surface area contributed by atoms with Gasteiger partial charge in [0, 0.05) is 62.0 Å². The average Bonchev–Trinajstić information content (AvgIpc) is 1.71. The number of amides is 6. The molecule has 9 rings (SSSR count). The Labute approximate surface area is 521 Å². The zero-order chi connectivity index (χ0) is 64.4. The summed E-state index contributed by atoms with van der Waals surface area (Å²) in [7, 11) is 1.31. The average molecular weight is 1220 g/mol. The van der Waals surface area contributed by atoms with Crippen molar-refractivity contribution in [2.45, 2.75) is 131 Å². The van der Waals surface area contributed by atoms with Gasteiger partial charge in [0.25, 0.3) is 17.7 Å². The molecule has 0 aliphatic carbocycles. The third-order valence-electron chi connectivity index (χ3n) is 15.8. The SMILES string of the molecule is COC(=O)c1cc2c(cc1C)OC(C)(c1cccc(C)c1)C(=O)N2CCNC(=O)OCc1ccccc1.Cc1cccc(C2(C)Oc3cc(C)c(C(=O)N(C(C)C)[C@@H]4CCCN(C(=O)OC(C)(C)C)C4)cc3N(CCNC(=O)OCc3ccccc3)C2=O)c1. The van der Waals surface area contributed by atoms with Crippen molar-refractivity contribution in [3.05, 3.63) is 189 Å². The van der Waals surface area contributed by atoms with E-state index in [1.54, 1.807) is 48.8 Å². The first kappa shape index (κ1) is 65.6. The Kier molecular flexibility index (Phi) is 20.8. The highest BCUT2D eigenvalue weighted by Gasteiger charge is 2.48. The van der Waals surface area contributed by atoms with E-state index in [2.05, 4.69) is 10.6 Å². The van der Waals surface area contributed by atoms with Crippen LogP contribution in [0.15, 0.2) is 133 Å². The predicted molar refractivity (Wildman–Crippen MR) is 338 cm³/mol. The van der Waals surface area contributed by atoms with E-state index in [9.17, 15) is 33.6 Å². The fraction of sp³-hybridized carbons (Fsp3) is 0.386. The summed E-state index contributed by atoms with van der Waals surface area (Å²) >= 11 is 0. The number of rotatable bonds is 16. The Morgan fingerprint density at radius 2 is 1.10 bits per heavy atom. The Balaban J connectivity index is 0.000000243. The molecule has 3 atom stereocenters. The number of hydrogen-bond donors (Lipinski definition) is 2. The van der Waals surface area contributed by atoms with Gasteiger partial charge < -0.3 is 58.7 Å². The Bertz CT molecular complexity index is 3570. The van der Waals surface area contributed by atoms with E-state index in [-0.39, 0.29) is 75.3 Å². The van der Waals surface area contributed by atoms with Crippen LogP contribution in [0.5, 0.6) is 11.5 Å². The monoisotopic (exact) mass is 1210 g/mol.